The Morgan fingerprint density at radius 1 is 1.89 bits per heavy atom. The van der Waals surface area contributed by atoms with Crippen molar-refractivity contribution in [3.63, 3.8) is 0 Å². The van der Waals surface area contributed by atoms with Gasteiger partial charge in [-0.25, -0.2) is 0 Å². The van der Waals surface area contributed by atoms with Crippen LogP contribution in [0.2, 0.25) is 0 Å². The van der Waals surface area contributed by atoms with Gasteiger partial charge < -0.3 is 15.8 Å². The molecule has 0 bridgehead atoms. The number of hydroxylamine groups is 2. The Kier molecular flexibility index (Phi) is 3.74. The molecule has 0 saturated heterocycles. The summed E-state index contributed by atoms with van der Waals surface area (Å²) in [7, 11) is 3.18. The van der Waals surface area contributed by atoms with Crippen molar-refractivity contribution in [3.8, 4) is 0 Å². The number of oxime groups is 1. The van der Waals surface area contributed by atoms with Gasteiger partial charge in [0.15, 0.2) is 5.84 Å². The van der Waals surface area contributed by atoms with Crippen LogP contribution in [0.5, 0.6) is 0 Å². The first-order valence-corrected chi connectivity index (χ1v) is 2.42. The van der Waals surface area contributed by atoms with Gasteiger partial charge in [-0.05, 0) is 0 Å². The molecule has 0 aliphatic rings. The molecule has 0 aliphatic carbocycles. The maximum absolute atomic E-state index is 8.06. The van der Waals surface area contributed by atoms with Gasteiger partial charge in [0, 0.05) is 7.05 Å². The molecule has 0 aromatic carbocycles. The molecule has 0 aliphatic heterocycles. The number of nitrogens with two attached hydrogens (primary N) is 1. The van der Waals surface area contributed by atoms with Crippen molar-refractivity contribution in [1.82, 2.24) is 5.06 Å². The zero-order valence-corrected chi connectivity index (χ0v) is 5.53. The molecule has 5 nitrogen and oxygen atoms in total. The molecule has 0 unspecified atom stereocenters. The van der Waals surface area contributed by atoms with Crippen molar-refractivity contribution in [2.45, 2.75) is 0 Å². The summed E-state index contributed by atoms with van der Waals surface area (Å²) >= 11 is 0. The van der Waals surface area contributed by atoms with Gasteiger partial charge >= 0.3 is 0 Å². The molecule has 0 aromatic heterocycles. The molecule has 0 aromatic rings. The summed E-state index contributed by atoms with van der Waals surface area (Å²) in [5.41, 5.74) is 5.13. The molecule has 0 saturated carbocycles. The highest BCUT2D eigenvalue weighted by Gasteiger charge is 1.97. The fourth-order valence-electron chi connectivity index (χ4n) is 0.324. The predicted molar refractivity (Wildman–Crippen MR) is 33.0 cm³/mol. The fourth-order valence-corrected chi connectivity index (χ4v) is 0.324. The van der Waals surface area contributed by atoms with Crippen molar-refractivity contribution in [3.05, 3.63) is 0 Å². The van der Waals surface area contributed by atoms with Gasteiger partial charge in [-0.3, -0.25) is 0 Å². The van der Waals surface area contributed by atoms with E-state index in [1.54, 1.807) is 7.05 Å². The second-order valence-corrected chi connectivity index (χ2v) is 1.56. The van der Waals surface area contributed by atoms with E-state index in [0.717, 1.165) is 0 Å². The summed E-state index contributed by atoms with van der Waals surface area (Å²) in [5, 5.41) is 12.2. The molecule has 5 heteroatoms. The molecular weight excluding hydrogens is 122 g/mol. The largest absolute Gasteiger partial charge is 0.409 e. The lowest BCUT2D eigenvalue weighted by molar-refractivity contribution is -0.0962. The van der Waals surface area contributed by atoms with Crippen molar-refractivity contribution < 1.29 is 10.0 Å². The van der Waals surface area contributed by atoms with E-state index in [-0.39, 0.29) is 5.84 Å². The first-order chi connectivity index (χ1) is 4.20. The Balaban J connectivity index is 3.47. The predicted octanol–water partition coefficient (Wildman–Crippen LogP) is -0.774. The maximum Gasteiger partial charge on any atom is 0.155 e. The SMILES string of the molecule is CON(C)C/C(N)=N/O. The summed E-state index contributed by atoms with van der Waals surface area (Å²) in [4.78, 5) is 4.68. The standard InChI is InChI=1S/C4H11N3O2/c1-7(9-2)3-4(5)6-8/h8H,3H2,1-2H3,(H2,5,6). The molecule has 9 heavy (non-hydrogen) atoms. The van der Waals surface area contributed by atoms with E-state index in [1.165, 1.54) is 12.2 Å². The van der Waals surface area contributed by atoms with Crippen LogP contribution >= 0.6 is 0 Å². The first kappa shape index (κ1) is 8.19. The first-order valence-electron chi connectivity index (χ1n) is 2.42. The molecule has 0 heterocycles. The van der Waals surface area contributed by atoms with Crippen molar-refractivity contribution in [1.29, 1.82) is 0 Å². The van der Waals surface area contributed by atoms with Crippen LogP contribution in [0.4, 0.5) is 0 Å². The van der Waals surface area contributed by atoms with Gasteiger partial charge in [0.1, 0.15) is 0 Å². The number of hydrogen-bond acceptors (Lipinski definition) is 4. The highest BCUT2D eigenvalue weighted by Crippen LogP contribution is 1.78. The molecule has 3 N–H and O–H groups in total. The van der Waals surface area contributed by atoms with Crippen LogP contribution < -0.4 is 5.73 Å². The van der Waals surface area contributed by atoms with Gasteiger partial charge in [0.25, 0.3) is 0 Å². The number of nitrogens with zero attached hydrogens (tertiary/aromatic N) is 2. The summed E-state index contributed by atoms with van der Waals surface area (Å²) in [6.07, 6.45) is 0. The summed E-state index contributed by atoms with van der Waals surface area (Å²) in [6, 6.07) is 0. The highest BCUT2D eigenvalue weighted by molar-refractivity contribution is 5.81. The van der Waals surface area contributed by atoms with Crippen LogP contribution in [0.1, 0.15) is 0 Å². The molecular formula is C4H11N3O2. The van der Waals surface area contributed by atoms with Crippen LogP contribution in [-0.2, 0) is 4.84 Å². The van der Waals surface area contributed by atoms with Gasteiger partial charge in [0.2, 0.25) is 0 Å². The van der Waals surface area contributed by atoms with E-state index in [1.807, 2.05) is 0 Å². The third-order valence-corrected chi connectivity index (χ3v) is 0.825. The maximum atomic E-state index is 8.06. The third kappa shape index (κ3) is 3.75. The molecule has 54 valence electrons. The van der Waals surface area contributed by atoms with E-state index in [2.05, 4.69) is 9.99 Å². The van der Waals surface area contributed by atoms with Gasteiger partial charge in [0.05, 0.1) is 13.7 Å². The Morgan fingerprint density at radius 3 is 2.78 bits per heavy atom. The minimum absolute atomic E-state index is 0.124. The van der Waals surface area contributed by atoms with Crippen LogP contribution in [-0.4, -0.2) is 36.8 Å². The Bertz CT molecular complexity index is 104. The minimum atomic E-state index is 0.124. The summed E-state index contributed by atoms with van der Waals surface area (Å²) < 4.78 is 0. The summed E-state index contributed by atoms with van der Waals surface area (Å²) in [5.74, 6) is 0.124. The van der Waals surface area contributed by atoms with E-state index >= 15 is 0 Å². The molecule has 0 amide bonds. The van der Waals surface area contributed by atoms with Crippen LogP contribution in [0.25, 0.3) is 0 Å². The van der Waals surface area contributed by atoms with Gasteiger partial charge in [-0.2, -0.15) is 5.06 Å². The minimum Gasteiger partial charge on any atom is -0.409 e. The van der Waals surface area contributed by atoms with Crippen molar-refractivity contribution >= 4 is 5.84 Å². The Morgan fingerprint density at radius 2 is 2.44 bits per heavy atom. The molecule has 0 atom stereocenters. The zero-order chi connectivity index (χ0) is 7.28. The fraction of sp³-hybridized carbons (Fsp3) is 0.750. The van der Waals surface area contributed by atoms with E-state index < -0.39 is 0 Å². The van der Waals surface area contributed by atoms with E-state index in [9.17, 15) is 0 Å². The molecule has 0 spiro atoms. The van der Waals surface area contributed by atoms with Crippen molar-refractivity contribution in [2.24, 2.45) is 10.9 Å². The lowest BCUT2D eigenvalue weighted by Crippen LogP contribution is -2.30. The topological polar surface area (TPSA) is 71.1 Å². The number of amidine groups is 1. The van der Waals surface area contributed by atoms with E-state index in [0.29, 0.717) is 6.54 Å². The lowest BCUT2D eigenvalue weighted by atomic mass is 10.6. The number of hydrogen-bond donors (Lipinski definition) is 2. The smallest absolute Gasteiger partial charge is 0.155 e. The third-order valence-electron chi connectivity index (χ3n) is 0.825. The number of likely N-dealkylation sites (N-methyl/N-ethyl adjacent to an activating group) is 1. The normalized spacial score (nSPS) is 12.6. The quantitative estimate of drug-likeness (QED) is 0.229. The van der Waals surface area contributed by atoms with Crippen molar-refractivity contribution in [2.75, 3.05) is 20.7 Å². The van der Waals surface area contributed by atoms with E-state index in [4.69, 9.17) is 10.9 Å². The Hall–Kier alpha value is -0.810. The second-order valence-electron chi connectivity index (χ2n) is 1.56. The van der Waals surface area contributed by atoms with Gasteiger partial charge in [-0.1, -0.05) is 5.16 Å². The van der Waals surface area contributed by atoms with Crippen LogP contribution in [0.3, 0.4) is 0 Å². The molecule has 0 rings (SSSR count). The monoisotopic (exact) mass is 133 g/mol. The molecule has 0 radical (unpaired) electrons. The Labute approximate surface area is 53.6 Å². The van der Waals surface area contributed by atoms with Crippen LogP contribution in [0, 0.1) is 0 Å². The average molecular weight is 133 g/mol. The van der Waals surface area contributed by atoms with Gasteiger partial charge in [-0.15, -0.1) is 0 Å². The average Bonchev–Trinajstić information content (AvgIpc) is 1.87. The summed E-state index contributed by atoms with van der Waals surface area (Å²) in [6.45, 7) is 0.299. The lowest BCUT2D eigenvalue weighted by Gasteiger charge is -2.10. The zero-order valence-electron chi connectivity index (χ0n) is 5.53. The van der Waals surface area contributed by atoms with Crippen LogP contribution in [0.15, 0.2) is 5.16 Å². The number of rotatable bonds is 3. The highest BCUT2D eigenvalue weighted by atomic mass is 16.7. The second kappa shape index (κ2) is 4.11. The molecule has 0 fully saturated rings.